The van der Waals surface area contributed by atoms with Gasteiger partial charge in [0.25, 0.3) is 0 Å². The molecular weight excluding hydrogens is 260 g/mol. The molecule has 0 amide bonds. The first-order chi connectivity index (χ1) is 10.2. The lowest BCUT2D eigenvalue weighted by Crippen LogP contribution is -2.43. The summed E-state index contributed by atoms with van der Waals surface area (Å²) in [5.74, 6) is 0.733. The van der Waals surface area contributed by atoms with E-state index in [9.17, 15) is 0 Å². The summed E-state index contributed by atoms with van der Waals surface area (Å²) in [6.07, 6.45) is 2.59. The minimum Gasteiger partial charge on any atom is -0.395 e. The van der Waals surface area contributed by atoms with Crippen LogP contribution < -0.4 is 0 Å². The number of hydrogen-bond donors (Lipinski definition) is 1. The molecule has 0 aliphatic carbocycles. The molecule has 0 aromatic heterocycles. The quantitative estimate of drug-likeness (QED) is 0.836. The first kappa shape index (κ1) is 16.5. The van der Waals surface area contributed by atoms with E-state index >= 15 is 0 Å². The van der Waals surface area contributed by atoms with Crippen molar-refractivity contribution in [3.63, 3.8) is 0 Å². The molecule has 0 spiro atoms. The van der Waals surface area contributed by atoms with Gasteiger partial charge in [0.1, 0.15) is 0 Å². The van der Waals surface area contributed by atoms with Gasteiger partial charge in [0, 0.05) is 32.2 Å². The largest absolute Gasteiger partial charge is 0.395 e. The van der Waals surface area contributed by atoms with Crippen molar-refractivity contribution in [2.24, 2.45) is 5.92 Å². The van der Waals surface area contributed by atoms with Crippen molar-refractivity contribution < 1.29 is 5.11 Å². The van der Waals surface area contributed by atoms with Gasteiger partial charge in [-0.3, -0.25) is 4.90 Å². The molecule has 1 atom stereocenters. The van der Waals surface area contributed by atoms with Crippen molar-refractivity contribution in [2.75, 3.05) is 32.8 Å². The summed E-state index contributed by atoms with van der Waals surface area (Å²) in [5, 5.41) is 9.12. The Morgan fingerprint density at radius 2 is 2.05 bits per heavy atom. The third-order valence-corrected chi connectivity index (χ3v) is 4.47. The Labute approximate surface area is 129 Å². The SMILES string of the molecule is CC(C)N(Cc1ccccc1)C[C@H]1CCCN(CCO)C1. The standard InChI is InChI=1S/C18H30N2O/c1-16(2)20(14-17-7-4-3-5-8-17)15-18-9-6-10-19(13-18)11-12-21/h3-5,7-8,16,18,21H,6,9-15H2,1-2H3/t18-/m0/s1. The van der Waals surface area contributed by atoms with Gasteiger partial charge in [-0.2, -0.15) is 0 Å². The maximum Gasteiger partial charge on any atom is 0.0558 e. The molecular formula is C18H30N2O. The second-order valence-corrected chi connectivity index (χ2v) is 6.54. The highest BCUT2D eigenvalue weighted by atomic mass is 16.3. The van der Waals surface area contributed by atoms with Crippen molar-refractivity contribution in [3.05, 3.63) is 35.9 Å². The van der Waals surface area contributed by atoms with E-state index in [-0.39, 0.29) is 6.61 Å². The molecule has 0 bridgehead atoms. The van der Waals surface area contributed by atoms with Crippen LogP contribution in [0.2, 0.25) is 0 Å². The van der Waals surface area contributed by atoms with E-state index in [1.165, 1.54) is 18.4 Å². The number of aliphatic hydroxyl groups excluding tert-OH is 1. The lowest BCUT2D eigenvalue weighted by atomic mass is 9.96. The van der Waals surface area contributed by atoms with Crippen LogP contribution >= 0.6 is 0 Å². The van der Waals surface area contributed by atoms with Crippen molar-refractivity contribution in [1.29, 1.82) is 0 Å². The van der Waals surface area contributed by atoms with Crippen LogP contribution in [0.5, 0.6) is 0 Å². The molecule has 1 aliphatic rings. The Balaban J connectivity index is 1.90. The van der Waals surface area contributed by atoms with Gasteiger partial charge in [-0.15, -0.1) is 0 Å². The van der Waals surface area contributed by atoms with E-state index in [4.69, 9.17) is 5.11 Å². The zero-order valence-corrected chi connectivity index (χ0v) is 13.5. The highest BCUT2D eigenvalue weighted by Crippen LogP contribution is 2.19. The maximum atomic E-state index is 9.12. The monoisotopic (exact) mass is 290 g/mol. The molecule has 1 aliphatic heterocycles. The molecule has 0 saturated carbocycles. The van der Waals surface area contributed by atoms with Gasteiger partial charge in [-0.05, 0) is 44.7 Å². The van der Waals surface area contributed by atoms with Gasteiger partial charge in [0.15, 0.2) is 0 Å². The number of aliphatic hydroxyl groups is 1. The van der Waals surface area contributed by atoms with E-state index in [1.54, 1.807) is 0 Å². The lowest BCUT2D eigenvalue weighted by molar-refractivity contribution is 0.0997. The number of piperidine rings is 1. The molecule has 1 fully saturated rings. The average molecular weight is 290 g/mol. The zero-order chi connectivity index (χ0) is 15.1. The summed E-state index contributed by atoms with van der Waals surface area (Å²) >= 11 is 0. The van der Waals surface area contributed by atoms with Crippen LogP contribution in [0.3, 0.4) is 0 Å². The van der Waals surface area contributed by atoms with Crippen molar-refractivity contribution in [1.82, 2.24) is 9.80 Å². The number of nitrogens with zero attached hydrogens (tertiary/aromatic N) is 2. The molecule has 1 heterocycles. The summed E-state index contributed by atoms with van der Waals surface area (Å²) < 4.78 is 0. The number of benzene rings is 1. The smallest absolute Gasteiger partial charge is 0.0558 e. The second kappa shape index (κ2) is 8.52. The first-order valence-electron chi connectivity index (χ1n) is 8.30. The summed E-state index contributed by atoms with van der Waals surface area (Å²) in [6, 6.07) is 11.3. The molecule has 1 saturated heterocycles. The molecule has 0 radical (unpaired) electrons. The average Bonchev–Trinajstić information content (AvgIpc) is 2.48. The van der Waals surface area contributed by atoms with Crippen LogP contribution in [-0.2, 0) is 6.54 Å². The van der Waals surface area contributed by atoms with E-state index in [1.807, 2.05) is 0 Å². The molecule has 2 rings (SSSR count). The fourth-order valence-electron chi connectivity index (χ4n) is 3.25. The molecule has 21 heavy (non-hydrogen) atoms. The van der Waals surface area contributed by atoms with Gasteiger partial charge in [0.2, 0.25) is 0 Å². The normalized spacial score (nSPS) is 20.3. The number of rotatable bonds is 7. The number of β-amino-alcohol motifs (C(OH)–C–C–N with tert-alkyl or cyclic N) is 1. The first-order valence-corrected chi connectivity index (χ1v) is 8.30. The van der Waals surface area contributed by atoms with Gasteiger partial charge in [0.05, 0.1) is 6.61 Å². The third kappa shape index (κ3) is 5.42. The summed E-state index contributed by atoms with van der Waals surface area (Å²) in [6.45, 7) is 10.2. The van der Waals surface area contributed by atoms with Crippen LogP contribution in [-0.4, -0.2) is 53.7 Å². The van der Waals surface area contributed by atoms with Gasteiger partial charge in [-0.25, -0.2) is 0 Å². The highest BCUT2D eigenvalue weighted by molar-refractivity contribution is 5.14. The maximum absolute atomic E-state index is 9.12. The zero-order valence-electron chi connectivity index (χ0n) is 13.5. The van der Waals surface area contributed by atoms with E-state index < -0.39 is 0 Å². The minimum absolute atomic E-state index is 0.282. The fraction of sp³-hybridized carbons (Fsp3) is 0.667. The lowest BCUT2D eigenvalue weighted by Gasteiger charge is -2.37. The van der Waals surface area contributed by atoms with Crippen LogP contribution in [0.4, 0.5) is 0 Å². The number of likely N-dealkylation sites (tertiary alicyclic amines) is 1. The molecule has 1 N–H and O–H groups in total. The Morgan fingerprint density at radius 1 is 1.29 bits per heavy atom. The summed E-state index contributed by atoms with van der Waals surface area (Å²) in [7, 11) is 0. The van der Waals surface area contributed by atoms with E-state index in [0.29, 0.717) is 6.04 Å². The predicted molar refractivity (Wildman–Crippen MR) is 88.2 cm³/mol. The Kier molecular flexibility index (Phi) is 6.68. The van der Waals surface area contributed by atoms with Crippen LogP contribution in [0.1, 0.15) is 32.3 Å². The summed E-state index contributed by atoms with van der Waals surface area (Å²) in [4.78, 5) is 5.00. The van der Waals surface area contributed by atoms with E-state index in [2.05, 4.69) is 54.0 Å². The van der Waals surface area contributed by atoms with E-state index in [0.717, 1.165) is 38.6 Å². The van der Waals surface area contributed by atoms with Gasteiger partial charge < -0.3 is 10.0 Å². The van der Waals surface area contributed by atoms with Crippen LogP contribution in [0.25, 0.3) is 0 Å². The minimum atomic E-state index is 0.282. The van der Waals surface area contributed by atoms with Crippen LogP contribution in [0.15, 0.2) is 30.3 Å². The molecule has 1 aromatic rings. The highest BCUT2D eigenvalue weighted by Gasteiger charge is 2.22. The molecule has 1 aromatic carbocycles. The van der Waals surface area contributed by atoms with Crippen molar-refractivity contribution in [2.45, 2.75) is 39.3 Å². The Bertz CT molecular complexity index is 391. The van der Waals surface area contributed by atoms with Gasteiger partial charge in [-0.1, -0.05) is 30.3 Å². The molecule has 3 heteroatoms. The Hall–Kier alpha value is -0.900. The van der Waals surface area contributed by atoms with Gasteiger partial charge >= 0.3 is 0 Å². The topological polar surface area (TPSA) is 26.7 Å². The second-order valence-electron chi connectivity index (χ2n) is 6.54. The third-order valence-electron chi connectivity index (χ3n) is 4.47. The number of hydrogen-bond acceptors (Lipinski definition) is 3. The molecule has 3 nitrogen and oxygen atoms in total. The van der Waals surface area contributed by atoms with Crippen LogP contribution in [0, 0.1) is 5.92 Å². The fourth-order valence-corrected chi connectivity index (χ4v) is 3.25. The Morgan fingerprint density at radius 3 is 2.71 bits per heavy atom. The predicted octanol–water partition coefficient (Wildman–Crippen LogP) is 2.60. The van der Waals surface area contributed by atoms with Crippen molar-refractivity contribution in [3.8, 4) is 0 Å². The molecule has 0 unspecified atom stereocenters. The van der Waals surface area contributed by atoms with Crippen molar-refractivity contribution >= 4 is 0 Å². The molecule has 118 valence electrons. The summed E-state index contributed by atoms with van der Waals surface area (Å²) in [5.41, 5.74) is 1.40.